The van der Waals surface area contributed by atoms with E-state index in [0.717, 1.165) is 0 Å². The van der Waals surface area contributed by atoms with E-state index in [1.165, 1.54) is 25.4 Å². The Balaban J connectivity index is 2.00. The number of nitro groups is 1. The molecule has 0 bridgehead atoms. The number of nitrogens with one attached hydrogen (secondary N) is 1. The van der Waals surface area contributed by atoms with E-state index >= 15 is 0 Å². The highest BCUT2D eigenvalue weighted by molar-refractivity contribution is 5.77. The third-order valence-electron chi connectivity index (χ3n) is 3.89. The van der Waals surface area contributed by atoms with Gasteiger partial charge in [0, 0.05) is 31.4 Å². The molecule has 0 spiro atoms. The van der Waals surface area contributed by atoms with Gasteiger partial charge in [0.25, 0.3) is 5.69 Å². The lowest BCUT2D eigenvalue weighted by Gasteiger charge is -2.29. The molecule has 2 aromatic rings. The molecule has 1 aromatic heterocycles. The molecule has 2 heterocycles. The van der Waals surface area contributed by atoms with Gasteiger partial charge in [0.2, 0.25) is 5.95 Å². The van der Waals surface area contributed by atoms with E-state index in [9.17, 15) is 14.9 Å². The van der Waals surface area contributed by atoms with Crippen LogP contribution < -0.4 is 15.0 Å². The van der Waals surface area contributed by atoms with Crippen LogP contribution in [0, 0.1) is 10.1 Å². The maximum absolute atomic E-state index is 11.6. The van der Waals surface area contributed by atoms with Gasteiger partial charge >= 0.3 is 0 Å². The number of aromatic nitrogens is 2. The van der Waals surface area contributed by atoms with Crippen molar-refractivity contribution >= 4 is 29.3 Å². The van der Waals surface area contributed by atoms with Gasteiger partial charge in [0.1, 0.15) is 17.1 Å². The van der Waals surface area contributed by atoms with E-state index in [1.54, 1.807) is 6.07 Å². The molecule has 3 rings (SSSR count). The summed E-state index contributed by atoms with van der Waals surface area (Å²) in [4.78, 5) is 31.9. The van der Waals surface area contributed by atoms with Gasteiger partial charge in [0.15, 0.2) is 6.29 Å². The molecule has 0 atom stereocenters. The van der Waals surface area contributed by atoms with E-state index in [1.807, 2.05) is 4.90 Å². The number of carbonyl (C=O) groups excluding carboxylic acids is 1. The Kier molecular flexibility index (Phi) is 5.23. The molecule has 1 aromatic carbocycles. The topological polar surface area (TPSA) is 120 Å². The van der Waals surface area contributed by atoms with E-state index in [2.05, 4.69) is 15.3 Å². The number of hydrogen-bond acceptors (Lipinski definition) is 9. The number of methoxy groups -OCH3 is 1. The minimum absolute atomic E-state index is 0.0678. The molecule has 0 unspecified atom stereocenters. The second kappa shape index (κ2) is 7.74. The number of ether oxygens (including phenoxy) is 2. The van der Waals surface area contributed by atoms with Crippen LogP contribution in [-0.4, -0.2) is 54.6 Å². The average molecular weight is 359 g/mol. The standard InChI is InChI=1S/C16H17N5O5/c1-25-15-9-13(20-4-6-26-7-5-20)14(21(23)24)8-12(15)19-16-17-3-2-11(10-22)18-16/h2-3,8-10H,4-7H2,1H3,(H,17,18,19). The highest BCUT2D eigenvalue weighted by Gasteiger charge is 2.25. The van der Waals surface area contributed by atoms with Gasteiger partial charge in [-0.2, -0.15) is 0 Å². The van der Waals surface area contributed by atoms with Crippen molar-refractivity contribution in [3.05, 3.63) is 40.2 Å². The molecule has 1 N–H and O–H groups in total. The fraction of sp³-hybridized carbons (Fsp3) is 0.312. The summed E-state index contributed by atoms with van der Waals surface area (Å²) in [5, 5.41) is 14.4. The second-order valence-corrected chi connectivity index (χ2v) is 5.45. The maximum Gasteiger partial charge on any atom is 0.294 e. The number of hydrogen-bond donors (Lipinski definition) is 1. The Morgan fingerprint density at radius 2 is 2.15 bits per heavy atom. The lowest BCUT2D eigenvalue weighted by atomic mass is 10.2. The van der Waals surface area contributed by atoms with Gasteiger partial charge in [-0.15, -0.1) is 0 Å². The summed E-state index contributed by atoms with van der Waals surface area (Å²) in [5.41, 5.74) is 0.921. The molecule has 1 saturated heterocycles. The van der Waals surface area contributed by atoms with Crippen molar-refractivity contribution in [2.45, 2.75) is 0 Å². The Morgan fingerprint density at radius 3 is 2.81 bits per heavy atom. The van der Waals surface area contributed by atoms with Crippen LogP contribution in [0.25, 0.3) is 0 Å². The van der Waals surface area contributed by atoms with Crippen molar-refractivity contribution in [2.75, 3.05) is 43.6 Å². The number of anilines is 3. The number of nitrogens with zero attached hydrogens (tertiary/aromatic N) is 4. The zero-order chi connectivity index (χ0) is 18.5. The fourth-order valence-electron chi connectivity index (χ4n) is 2.65. The number of carbonyl (C=O) groups is 1. The predicted molar refractivity (Wildman–Crippen MR) is 93.4 cm³/mol. The van der Waals surface area contributed by atoms with Crippen molar-refractivity contribution in [2.24, 2.45) is 0 Å². The van der Waals surface area contributed by atoms with E-state index in [-0.39, 0.29) is 17.3 Å². The van der Waals surface area contributed by atoms with E-state index in [0.29, 0.717) is 49.7 Å². The molecule has 0 aliphatic carbocycles. The first-order valence-corrected chi connectivity index (χ1v) is 7.86. The summed E-state index contributed by atoms with van der Waals surface area (Å²) < 4.78 is 10.7. The van der Waals surface area contributed by atoms with Gasteiger partial charge < -0.3 is 19.7 Å². The van der Waals surface area contributed by atoms with Gasteiger partial charge in [-0.25, -0.2) is 9.97 Å². The van der Waals surface area contributed by atoms with Gasteiger partial charge in [-0.3, -0.25) is 14.9 Å². The number of morpholine rings is 1. The van der Waals surface area contributed by atoms with Gasteiger partial charge in [-0.05, 0) is 6.07 Å². The number of nitro benzene ring substituents is 1. The normalized spacial score (nSPS) is 14.0. The minimum Gasteiger partial charge on any atom is -0.494 e. The van der Waals surface area contributed by atoms with Crippen LogP contribution in [0.3, 0.4) is 0 Å². The Hall–Kier alpha value is -3.27. The summed E-state index contributed by atoms with van der Waals surface area (Å²) in [6, 6.07) is 4.44. The van der Waals surface area contributed by atoms with Crippen molar-refractivity contribution in [3.8, 4) is 5.75 Å². The predicted octanol–water partition coefficient (Wildman–Crippen LogP) is 1.79. The lowest BCUT2D eigenvalue weighted by molar-refractivity contribution is -0.384. The van der Waals surface area contributed by atoms with Crippen LogP contribution >= 0.6 is 0 Å². The molecule has 1 aliphatic heterocycles. The third kappa shape index (κ3) is 3.70. The van der Waals surface area contributed by atoms with Crippen LogP contribution in [0.2, 0.25) is 0 Å². The molecule has 10 nitrogen and oxygen atoms in total. The lowest BCUT2D eigenvalue weighted by Crippen LogP contribution is -2.36. The monoisotopic (exact) mass is 359 g/mol. The number of rotatable bonds is 6. The Morgan fingerprint density at radius 1 is 1.38 bits per heavy atom. The zero-order valence-electron chi connectivity index (χ0n) is 14.0. The molecule has 10 heteroatoms. The first-order chi connectivity index (χ1) is 12.6. The first kappa shape index (κ1) is 17.5. The van der Waals surface area contributed by atoms with Crippen LogP contribution in [0.4, 0.5) is 23.0 Å². The van der Waals surface area contributed by atoms with E-state index < -0.39 is 4.92 Å². The maximum atomic E-state index is 11.6. The molecule has 26 heavy (non-hydrogen) atoms. The largest absolute Gasteiger partial charge is 0.494 e. The molecular formula is C16H17N5O5. The molecule has 1 fully saturated rings. The molecule has 0 radical (unpaired) electrons. The highest BCUT2D eigenvalue weighted by atomic mass is 16.6. The second-order valence-electron chi connectivity index (χ2n) is 5.45. The Bertz CT molecular complexity index is 823. The molecule has 1 aliphatic rings. The summed E-state index contributed by atoms with van der Waals surface area (Å²) in [6.45, 7) is 2.13. The zero-order valence-corrected chi connectivity index (χ0v) is 14.0. The van der Waals surface area contributed by atoms with Gasteiger partial charge in [0.05, 0.1) is 30.9 Å². The fourth-order valence-corrected chi connectivity index (χ4v) is 2.65. The van der Waals surface area contributed by atoms with Crippen LogP contribution in [-0.2, 0) is 4.74 Å². The SMILES string of the molecule is COc1cc(N2CCOCC2)c([N+](=O)[O-])cc1Nc1nccc(C=O)n1. The minimum atomic E-state index is -0.446. The van der Waals surface area contributed by atoms with Crippen molar-refractivity contribution in [1.82, 2.24) is 9.97 Å². The summed E-state index contributed by atoms with van der Waals surface area (Å²) in [5.74, 6) is 0.540. The van der Waals surface area contributed by atoms with Crippen molar-refractivity contribution < 1.29 is 19.2 Å². The van der Waals surface area contributed by atoms with Crippen LogP contribution in [0.5, 0.6) is 5.75 Å². The first-order valence-electron chi connectivity index (χ1n) is 7.86. The Labute approximate surface area is 148 Å². The van der Waals surface area contributed by atoms with Crippen LogP contribution in [0.1, 0.15) is 10.5 Å². The summed E-state index contributed by atoms with van der Waals surface area (Å²) >= 11 is 0. The number of benzene rings is 1. The van der Waals surface area contributed by atoms with Gasteiger partial charge in [-0.1, -0.05) is 0 Å². The summed E-state index contributed by atoms with van der Waals surface area (Å²) in [7, 11) is 1.47. The van der Waals surface area contributed by atoms with Crippen molar-refractivity contribution in [1.29, 1.82) is 0 Å². The average Bonchev–Trinajstić information content (AvgIpc) is 2.68. The molecule has 0 saturated carbocycles. The quantitative estimate of drug-likeness (QED) is 0.467. The third-order valence-corrected chi connectivity index (χ3v) is 3.89. The molecule has 136 valence electrons. The molecular weight excluding hydrogens is 342 g/mol. The highest BCUT2D eigenvalue weighted by Crippen LogP contribution is 2.39. The van der Waals surface area contributed by atoms with Crippen molar-refractivity contribution in [3.63, 3.8) is 0 Å². The smallest absolute Gasteiger partial charge is 0.294 e. The number of aldehydes is 1. The van der Waals surface area contributed by atoms with Crippen LogP contribution in [0.15, 0.2) is 24.4 Å². The van der Waals surface area contributed by atoms with E-state index in [4.69, 9.17) is 9.47 Å². The summed E-state index contributed by atoms with van der Waals surface area (Å²) in [6.07, 6.45) is 2.01. The molecule has 0 amide bonds.